The van der Waals surface area contributed by atoms with Gasteiger partial charge in [-0.3, -0.25) is 20.5 Å². The second-order valence-electron chi connectivity index (χ2n) is 8.94. The maximum Gasteiger partial charge on any atom is 0.224 e. The number of pyridine rings is 1. The molecule has 0 bridgehead atoms. The first-order valence-corrected chi connectivity index (χ1v) is 10.4. The highest BCUT2D eigenvalue weighted by atomic mass is 16.1. The fourth-order valence-corrected chi connectivity index (χ4v) is 3.60. The number of nitrogens with one attached hydrogen (secondary N) is 4. The molecule has 2 heterocycles. The molecule has 0 atom stereocenters. The number of aromatic nitrogens is 1. The Morgan fingerprint density at radius 2 is 1.78 bits per heavy atom. The van der Waals surface area contributed by atoms with Gasteiger partial charge in [0.15, 0.2) is 5.82 Å². The molecule has 0 spiro atoms. The second-order valence-corrected chi connectivity index (χ2v) is 8.94. The van der Waals surface area contributed by atoms with E-state index in [2.05, 4.69) is 15.6 Å². The van der Waals surface area contributed by atoms with Crippen LogP contribution in [0.25, 0.3) is 0 Å². The number of fused-ring (bicyclic) bond motifs is 2. The molecule has 1 aliphatic heterocycles. The van der Waals surface area contributed by atoms with Gasteiger partial charge in [0.05, 0.1) is 11.4 Å². The van der Waals surface area contributed by atoms with Crippen LogP contribution < -0.4 is 15.5 Å². The Labute approximate surface area is 187 Å². The summed E-state index contributed by atoms with van der Waals surface area (Å²) in [5.74, 6) is 0.873. The average Bonchev–Trinajstić information content (AvgIpc) is 2.86. The van der Waals surface area contributed by atoms with Crippen molar-refractivity contribution in [1.82, 2.24) is 4.98 Å². The Bertz CT molecular complexity index is 1190. The summed E-state index contributed by atoms with van der Waals surface area (Å²) in [7, 11) is 0. The Hall–Kier alpha value is -4.00. The molecule has 2 aromatic carbocycles. The van der Waals surface area contributed by atoms with Crippen molar-refractivity contribution in [3.63, 3.8) is 0 Å². The van der Waals surface area contributed by atoms with Crippen LogP contribution in [0.4, 0.5) is 22.9 Å². The Morgan fingerprint density at radius 1 is 1.06 bits per heavy atom. The van der Waals surface area contributed by atoms with Gasteiger partial charge in [-0.15, -0.1) is 0 Å². The first-order valence-electron chi connectivity index (χ1n) is 10.4. The Balaban J connectivity index is 1.64. The smallest absolute Gasteiger partial charge is 0.224 e. The first kappa shape index (κ1) is 21.2. The number of benzene rings is 2. The Kier molecular flexibility index (Phi) is 5.48. The normalized spacial score (nSPS) is 12.8. The topological polar surface area (TPSA) is 105 Å². The van der Waals surface area contributed by atoms with Crippen LogP contribution in [0.3, 0.4) is 0 Å². The lowest BCUT2D eigenvalue weighted by molar-refractivity contribution is -0.117. The van der Waals surface area contributed by atoms with Gasteiger partial charge in [-0.05, 0) is 53.9 Å². The van der Waals surface area contributed by atoms with E-state index in [1.54, 1.807) is 41.4 Å². The molecule has 0 unspecified atom stereocenters. The standard InChI is InChI=1S/C25H26N6O/c1-25(2,3)15-21(32)29-17-12-10-16(11-13-17)22(26)31-20-9-6-14-28-24(20)30-19-8-5-4-7-18(19)23(31)27/h4-14,26-27H,15H2,1-3H3,(H,28,30)(H,29,32). The number of hydrogen-bond donors (Lipinski definition) is 4. The molecular formula is C25H26N6O. The third kappa shape index (κ3) is 4.37. The van der Waals surface area contributed by atoms with Crippen molar-refractivity contribution in [2.75, 3.05) is 15.5 Å². The number of amides is 1. The van der Waals surface area contributed by atoms with E-state index in [-0.39, 0.29) is 23.0 Å². The largest absolute Gasteiger partial charge is 0.338 e. The fourth-order valence-electron chi connectivity index (χ4n) is 3.60. The molecule has 4 rings (SSSR count). The van der Waals surface area contributed by atoms with E-state index in [1.807, 2.05) is 51.1 Å². The summed E-state index contributed by atoms with van der Waals surface area (Å²) in [6, 6.07) is 18.3. The van der Waals surface area contributed by atoms with Gasteiger partial charge < -0.3 is 10.6 Å². The summed E-state index contributed by atoms with van der Waals surface area (Å²) in [6.07, 6.45) is 2.10. The van der Waals surface area contributed by atoms with Gasteiger partial charge in [-0.25, -0.2) is 4.98 Å². The number of carbonyl (C=O) groups is 1. The van der Waals surface area contributed by atoms with Crippen LogP contribution in [0.1, 0.15) is 38.3 Å². The lowest BCUT2D eigenvalue weighted by Gasteiger charge is -2.25. The zero-order valence-corrected chi connectivity index (χ0v) is 18.4. The quantitative estimate of drug-likeness (QED) is 0.334. The van der Waals surface area contributed by atoms with Crippen molar-refractivity contribution in [3.05, 3.63) is 78.0 Å². The molecule has 1 amide bonds. The molecule has 1 aliphatic rings. The van der Waals surface area contributed by atoms with Crippen LogP contribution in [0, 0.1) is 16.2 Å². The summed E-state index contributed by atoms with van der Waals surface area (Å²) in [4.78, 5) is 18.2. The molecule has 7 heteroatoms. The summed E-state index contributed by atoms with van der Waals surface area (Å²) >= 11 is 0. The average molecular weight is 427 g/mol. The summed E-state index contributed by atoms with van der Waals surface area (Å²) < 4.78 is 0. The van der Waals surface area contributed by atoms with Crippen molar-refractivity contribution in [2.45, 2.75) is 27.2 Å². The zero-order valence-electron chi connectivity index (χ0n) is 18.4. The molecule has 0 aliphatic carbocycles. The predicted molar refractivity (Wildman–Crippen MR) is 129 cm³/mol. The number of amidine groups is 2. The third-order valence-electron chi connectivity index (χ3n) is 5.04. The molecule has 3 aromatic rings. The van der Waals surface area contributed by atoms with Crippen molar-refractivity contribution in [2.24, 2.45) is 5.41 Å². The second kappa shape index (κ2) is 8.26. The van der Waals surface area contributed by atoms with E-state index >= 15 is 0 Å². The molecule has 4 N–H and O–H groups in total. The SMILES string of the molecule is CC(C)(C)CC(=O)Nc1ccc(C(=N)N2C(=N)c3ccccc3Nc3ncccc32)cc1. The molecule has 0 saturated heterocycles. The molecule has 162 valence electrons. The van der Waals surface area contributed by atoms with E-state index in [0.29, 0.717) is 34.7 Å². The first-order chi connectivity index (χ1) is 15.2. The van der Waals surface area contributed by atoms with Gasteiger partial charge in [0, 0.05) is 29.4 Å². The van der Waals surface area contributed by atoms with Gasteiger partial charge in [-0.1, -0.05) is 32.9 Å². The lowest BCUT2D eigenvalue weighted by atomic mass is 9.92. The van der Waals surface area contributed by atoms with Crippen molar-refractivity contribution in [3.8, 4) is 0 Å². The van der Waals surface area contributed by atoms with Crippen LogP contribution in [0.15, 0.2) is 66.9 Å². The molecule has 0 fully saturated rings. The van der Waals surface area contributed by atoms with Gasteiger partial charge in [-0.2, -0.15) is 0 Å². The van der Waals surface area contributed by atoms with Crippen LogP contribution in [-0.4, -0.2) is 22.6 Å². The number of rotatable bonds is 3. The summed E-state index contributed by atoms with van der Waals surface area (Å²) in [5.41, 5.74) is 3.28. The highest BCUT2D eigenvalue weighted by Crippen LogP contribution is 2.34. The zero-order chi connectivity index (χ0) is 22.9. The molecule has 1 aromatic heterocycles. The van der Waals surface area contributed by atoms with Crippen molar-refractivity contribution < 1.29 is 4.79 Å². The lowest BCUT2D eigenvalue weighted by Crippen LogP contribution is -2.36. The summed E-state index contributed by atoms with van der Waals surface area (Å²) in [5, 5.41) is 23.9. The minimum atomic E-state index is -0.0922. The van der Waals surface area contributed by atoms with E-state index in [0.717, 1.165) is 5.69 Å². The fraction of sp³-hybridized carbons (Fsp3) is 0.200. The number of nitrogens with zero attached hydrogens (tertiary/aromatic N) is 2. The minimum Gasteiger partial charge on any atom is -0.338 e. The van der Waals surface area contributed by atoms with Crippen molar-refractivity contribution in [1.29, 1.82) is 10.8 Å². The van der Waals surface area contributed by atoms with E-state index in [4.69, 9.17) is 10.8 Å². The highest BCUT2D eigenvalue weighted by Gasteiger charge is 2.28. The van der Waals surface area contributed by atoms with E-state index in [9.17, 15) is 4.79 Å². The van der Waals surface area contributed by atoms with Gasteiger partial charge in [0.2, 0.25) is 5.91 Å². The van der Waals surface area contributed by atoms with E-state index < -0.39 is 0 Å². The number of anilines is 4. The summed E-state index contributed by atoms with van der Waals surface area (Å²) in [6.45, 7) is 6.06. The molecule has 32 heavy (non-hydrogen) atoms. The number of carbonyl (C=O) groups excluding carboxylic acids is 1. The molecule has 7 nitrogen and oxygen atoms in total. The Morgan fingerprint density at radius 3 is 2.50 bits per heavy atom. The highest BCUT2D eigenvalue weighted by molar-refractivity contribution is 6.30. The van der Waals surface area contributed by atoms with Crippen LogP contribution >= 0.6 is 0 Å². The van der Waals surface area contributed by atoms with Gasteiger partial charge in [0.25, 0.3) is 0 Å². The monoisotopic (exact) mass is 426 g/mol. The van der Waals surface area contributed by atoms with Crippen molar-refractivity contribution >= 4 is 40.5 Å². The number of para-hydroxylation sites is 1. The van der Waals surface area contributed by atoms with Crippen LogP contribution in [0.2, 0.25) is 0 Å². The molecule has 0 radical (unpaired) electrons. The minimum absolute atomic E-state index is 0.0442. The van der Waals surface area contributed by atoms with Gasteiger partial charge in [0.1, 0.15) is 11.7 Å². The maximum absolute atomic E-state index is 12.2. The maximum atomic E-state index is 12.2. The molecule has 0 saturated carbocycles. The number of hydrogen-bond acceptors (Lipinski definition) is 5. The predicted octanol–water partition coefficient (Wildman–Crippen LogP) is 5.37. The van der Waals surface area contributed by atoms with Gasteiger partial charge >= 0.3 is 0 Å². The third-order valence-corrected chi connectivity index (χ3v) is 5.04. The molecular weight excluding hydrogens is 400 g/mol. The van der Waals surface area contributed by atoms with Crippen LogP contribution in [0.5, 0.6) is 0 Å². The van der Waals surface area contributed by atoms with Crippen LogP contribution in [-0.2, 0) is 4.79 Å². The van der Waals surface area contributed by atoms with E-state index in [1.165, 1.54) is 0 Å².